The molecular formula is C12H7Cl2FO2S. The Hall–Kier alpha value is -0.940. The van der Waals surface area contributed by atoms with Gasteiger partial charge in [-0.1, -0.05) is 23.2 Å². The molecule has 6 heteroatoms. The first-order valence-corrected chi connectivity index (χ1v) is 6.71. The van der Waals surface area contributed by atoms with Crippen LogP contribution in [-0.4, -0.2) is 8.76 Å². The molecule has 94 valence electrons. The van der Waals surface area contributed by atoms with Crippen LogP contribution < -0.4 is 0 Å². The zero-order chi connectivity index (χ0) is 13.3. The molecule has 2 aromatic rings. The summed E-state index contributed by atoms with van der Waals surface area (Å²) >= 11 is 9.61. The van der Waals surface area contributed by atoms with Crippen molar-refractivity contribution in [1.82, 2.24) is 0 Å². The van der Waals surface area contributed by atoms with Crippen molar-refractivity contribution in [2.75, 3.05) is 0 Å². The Kier molecular flexibility index (Phi) is 4.02. The van der Waals surface area contributed by atoms with Crippen molar-refractivity contribution in [3.63, 3.8) is 0 Å². The molecule has 0 amide bonds. The van der Waals surface area contributed by atoms with Gasteiger partial charge in [0.05, 0.1) is 4.90 Å². The Labute approximate surface area is 116 Å². The topological polar surface area (TPSA) is 37.3 Å². The van der Waals surface area contributed by atoms with E-state index in [-0.39, 0.29) is 10.5 Å². The van der Waals surface area contributed by atoms with Crippen molar-refractivity contribution < 1.29 is 13.2 Å². The third-order valence-corrected chi connectivity index (χ3v) is 3.65. The SMILES string of the molecule is O=S(O)c1ccc(F)cc1-c1cc(Cl)ccc1Cl. The van der Waals surface area contributed by atoms with Gasteiger partial charge in [0.25, 0.3) is 0 Å². The maximum atomic E-state index is 13.3. The van der Waals surface area contributed by atoms with E-state index in [0.29, 0.717) is 15.6 Å². The summed E-state index contributed by atoms with van der Waals surface area (Å²) in [5.74, 6) is -0.518. The molecule has 0 spiro atoms. The number of hydrogen-bond acceptors (Lipinski definition) is 1. The predicted octanol–water partition coefficient (Wildman–Crippen LogP) is 4.38. The Bertz CT molecular complexity index is 631. The second kappa shape index (κ2) is 5.36. The summed E-state index contributed by atoms with van der Waals surface area (Å²) in [6.07, 6.45) is 0. The molecule has 0 bridgehead atoms. The van der Waals surface area contributed by atoms with Crippen molar-refractivity contribution in [3.05, 3.63) is 52.3 Å². The second-order valence-corrected chi connectivity index (χ2v) is 5.30. The van der Waals surface area contributed by atoms with Crippen molar-refractivity contribution in [1.29, 1.82) is 0 Å². The molecule has 1 unspecified atom stereocenters. The van der Waals surface area contributed by atoms with E-state index in [1.807, 2.05) is 0 Å². The van der Waals surface area contributed by atoms with Crippen LogP contribution in [0.1, 0.15) is 0 Å². The molecule has 2 aromatic carbocycles. The standard InChI is InChI=1S/C12H7Cl2FO2S/c13-7-1-3-11(14)9(5-7)10-6-8(15)2-4-12(10)18(16)17/h1-6H,(H,16,17). The summed E-state index contributed by atoms with van der Waals surface area (Å²) in [5, 5.41) is 0.741. The van der Waals surface area contributed by atoms with E-state index < -0.39 is 16.9 Å². The fourth-order valence-electron chi connectivity index (χ4n) is 1.57. The lowest BCUT2D eigenvalue weighted by molar-refractivity contribution is 0.564. The Balaban J connectivity index is 2.73. The third-order valence-electron chi connectivity index (χ3n) is 2.35. The zero-order valence-electron chi connectivity index (χ0n) is 8.86. The lowest BCUT2D eigenvalue weighted by atomic mass is 10.1. The number of hydrogen-bond donors (Lipinski definition) is 1. The fraction of sp³-hybridized carbons (Fsp3) is 0. The van der Waals surface area contributed by atoms with Crippen molar-refractivity contribution in [3.8, 4) is 11.1 Å². The van der Waals surface area contributed by atoms with Gasteiger partial charge in [-0.2, -0.15) is 0 Å². The minimum atomic E-state index is -2.23. The lowest BCUT2D eigenvalue weighted by Gasteiger charge is -2.09. The van der Waals surface area contributed by atoms with E-state index in [9.17, 15) is 13.2 Å². The molecule has 0 saturated carbocycles. The van der Waals surface area contributed by atoms with Crippen LogP contribution in [0.3, 0.4) is 0 Å². The smallest absolute Gasteiger partial charge is 0.187 e. The van der Waals surface area contributed by atoms with Crippen LogP contribution in [0.25, 0.3) is 11.1 Å². The van der Waals surface area contributed by atoms with Crippen molar-refractivity contribution in [2.24, 2.45) is 0 Å². The lowest BCUT2D eigenvalue weighted by Crippen LogP contribution is -1.94. The first kappa shape index (κ1) is 13.5. The van der Waals surface area contributed by atoms with Gasteiger partial charge in [-0.3, -0.25) is 0 Å². The molecule has 2 rings (SSSR count). The number of benzene rings is 2. The quantitative estimate of drug-likeness (QED) is 0.836. The maximum Gasteiger partial charge on any atom is 0.187 e. The van der Waals surface area contributed by atoms with E-state index >= 15 is 0 Å². The van der Waals surface area contributed by atoms with E-state index in [4.69, 9.17) is 23.2 Å². The molecular weight excluding hydrogens is 298 g/mol. The molecule has 0 aliphatic carbocycles. The highest BCUT2D eigenvalue weighted by Crippen LogP contribution is 2.34. The van der Waals surface area contributed by atoms with Crippen LogP contribution in [-0.2, 0) is 11.1 Å². The number of halogens is 3. The van der Waals surface area contributed by atoms with Gasteiger partial charge < -0.3 is 4.55 Å². The molecule has 1 atom stereocenters. The molecule has 0 radical (unpaired) electrons. The number of rotatable bonds is 2. The molecule has 0 aliphatic heterocycles. The van der Waals surface area contributed by atoms with Crippen LogP contribution >= 0.6 is 23.2 Å². The molecule has 1 N–H and O–H groups in total. The van der Waals surface area contributed by atoms with Crippen LogP contribution in [0.4, 0.5) is 4.39 Å². The summed E-state index contributed by atoms with van der Waals surface area (Å²) in [4.78, 5) is 0.0839. The molecule has 2 nitrogen and oxygen atoms in total. The van der Waals surface area contributed by atoms with Gasteiger partial charge in [-0.15, -0.1) is 0 Å². The highest BCUT2D eigenvalue weighted by molar-refractivity contribution is 7.79. The van der Waals surface area contributed by atoms with E-state index in [0.717, 1.165) is 12.1 Å². The fourth-order valence-corrected chi connectivity index (χ4v) is 2.50. The molecule has 0 aromatic heterocycles. The Morgan fingerprint density at radius 3 is 2.44 bits per heavy atom. The highest BCUT2D eigenvalue weighted by atomic mass is 35.5. The largest absolute Gasteiger partial charge is 0.302 e. The average Bonchev–Trinajstić information content (AvgIpc) is 2.31. The van der Waals surface area contributed by atoms with Gasteiger partial charge in [-0.25, -0.2) is 8.60 Å². The van der Waals surface area contributed by atoms with Crippen molar-refractivity contribution in [2.45, 2.75) is 4.90 Å². The summed E-state index contributed by atoms with van der Waals surface area (Å²) < 4.78 is 33.7. The van der Waals surface area contributed by atoms with E-state index in [2.05, 4.69) is 0 Å². The van der Waals surface area contributed by atoms with Crippen LogP contribution in [0.15, 0.2) is 41.3 Å². The Morgan fingerprint density at radius 1 is 1.06 bits per heavy atom. The molecule has 0 saturated heterocycles. The van der Waals surface area contributed by atoms with Crippen LogP contribution in [0, 0.1) is 5.82 Å². The Morgan fingerprint density at radius 2 is 1.78 bits per heavy atom. The molecule has 18 heavy (non-hydrogen) atoms. The molecule has 0 heterocycles. The molecule has 0 aliphatic rings. The van der Waals surface area contributed by atoms with Gasteiger partial charge in [-0.05, 0) is 36.4 Å². The van der Waals surface area contributed by atoms with Gasteiger partial charge in [0, 0.05) is 21.2 Å². The van der Waals surface area contributed by atoms with Gasteiger partial charge >= 0.3 is 0 Å². The van der Waals surface area contributed by atoms with Gasteiger partial charge in [0.1, 0.15) is 5.82 Å². The first-order chi connectivity index (χ1) is 8.49. The summed E-state index contributed by atoms with van der Waals surface area (Å²) in [6.45, 7) is 0. The summed E-state index contributed by atoms with van der Waals surface area (Å²) in [7, 11) is 0. The van der Waals surface area contributed by atoms with E-state index in [1.165, 1.54) is 12.1 Å². The maximum absolute atomic E-state index is 13.3. The third kappa shape index (κ3) is 2.72. The first-order valence-electron chi connectivity index (χ1n) is 4.85. The molecule has 0 fully saturated rings. The van der Waals surface area contributed by atoms with Gasteiger partial charge in [0.15, 0.2) is 11.1 Å². The predicted molar refractivity (Wildman–Crippen MR) is 70.9 cm³/mol. The monoisotopic (exact) mass is 304 g/mol. The minimum Gasteiger partial charge on any atom is -0.302 e. The van der Waals surface area contributed by atoms with E-state index in [1.54, 1.807) is 12.1 Å². The summed E-state index contributed by atoms with van der Waals surface area (Å²) in [6, 6.07) is 8.18. The zero-order valence-corrected chi connectivity index (χ0v) is 11.2. The van der Waals surface area contributed by atoms with Crippen LogP contribution in [0.5, 0.6) is 0 Å². The summed E-state index contributed by atoms with van der Waals surface area (Å²) in [5.41, 5.74) is 0.671. The second-order valence-electron chi connectivity index (χ2n) is 3.51. The minimum absolute atomic E-state index is 0.0839. The highest BCUT2D eigenvalue weighted by Gasteiger charge is 2.14. The van der Waals surface area contributed by atoms with Gasteiger partial charge in [0.2, 0.25) is 0 Å². The van der Waals surface area contributed by atoms with Crippen molar-refractivity contribution >= 4 is 34.3 Å². The van der Waals surface area contributed by atoms with Crippen LogP contribution in [0.2, 0.25) is 10.0 Å². The average molecular weight is 305 g/mol. The normalized spacial score (nSPS) is 12.4.